The van der Waals surface area contributed by atoms with Crippen molar-refractivity contribution in [3.05, 3.63) is 58.6 Å². The first-order valence-corrected chi connectivity index (χ1v) is 7.94. The predicted octanol–water partition coefficient (Wildman–Crippen LogP) is 3.22. The molecule has 0 unspecified atom stereocenters. The fourth-order valence-electron chi connectivity index (χ4n) is 2.22. The molecular weight excluding hydrogens is 326 g/mol. The summed E-state index contributed by atoms with van der Waals surface area (Å²) in [5, 5.41) is 7.24. The quantitative estimate of drug-likeness (QED) is 0.622. The maximum atomic E-state index is 6.16. The van der Waals surface area contributed by atoms with Crippen LogP contribution in [0.4, 0.5) is 0 Å². The summed E-state index contributed by atoms with van der Waals surface area (Å²) in [6.45, 7) is 1.18. The van der Waals surface area contributed by atoms with Crippen molar-refractivity contribution >= 4 is 17.6 Å². The number of aliphatic imine (C=N–C) groups is 1. The molecule has 2 rings (SSSR count). The molecule has 0 fully saturated rings. The molecule has 0 aliphatic heterocycles. The maximum Gasteiger partial charge on any atom is 0.191 e. The Morgan fingerprint density at radius 1 is 1.00 bits per heavy atom. The molecule has 0 saturated carbocycles. The smallest absolute Gasteiger partial charge is 0.191 e. The standard InChI is InChI=1S/C18H22ClN3O2/c1-20-18(21-11-13-6-4-5-7-16(13)19)22-12-14-8-9-15(23-2)10-17(14)24-3/h4-10H,11-12H2,1-3H3,(H2,20,21,22). The third-order valence-corrected chi connectivity index (χ3v) is 3.94. The molecule has 0 bridgehead atoms. The first kappa shape index (κ1) is 17.9. The van der Waals surface area contributed by atoms with Crippen molar-refractivity contribution in [1.82, 2.24) is 10.6 Å². The second-order valence-electron chi connectivity index (χ2n) is 5.05. The van der Waals surface area contributed by atoms with Crippen molar-refractivity contribution in [2.24, 2.45) is 4.99 Å². The SMILES string of the molecule is CN=C(NCc1ccccc1Cl)NCc1ccc(OC)cc1OC. The van der Waals surface area contributed by atoms with Crippen LogP contribution < -0.4 is 20.1 Å². The first-order valence-electron chi connectivity index (χ1n) is 7.56. The molecule has 2 aromatic rings. The van der Waals surface area contributed by atoms with Gasteiger partial charge in [-0.1, -0.05) is 29.8 Å². The van der Waals surface area contributed by atoms with E-state index in [0.29, 0.717) is 19.0 Å². The molecule has 0 amide bonds. The molecule has 0 heterocycles. The molecule has 0 aliphatic carbocycles. The van der Waals surface area contributed by atoms with Crippen LogP contribution in [0, 0.1) is 0 Å². The van der Waals surface area contributed by atoms with Gasteiger partial charge in [0.1, 0.15) is 11.5 Å². The molecule has 0 spiro atoms. The Labute approximate surface area is 147 Å². The zero-order valence-corrected chi connectivity index (χ0v) is 14.9. The van der Waals surface area contributed by atoms with Crippen molar-refractivity contribution in [2.75, 3.05) is 21.3 Å². The lowest BCUT2D eigenvalue weighted by Crippen LogP contribution is -2.36. The highest BCUT2D eigenvalue weighted by Gasteiger charge is 2.07. The lowest BCUT2D eigenvalue weighted by molar-refractivity contribution is 0.390. The number of benzene rings is 2. The van der Waals surface area contributed by atoms with Gasteiger partial charge < -0.3 is 20.1 Å². The number of hydrogen-bond donors (Lipinski definition) is 2. The lowest BCUT2D eigenvalue weighted by atomic mass is 10.2. The number of hydrogen-bond acceptors (Lipinski definition) is 3. The molecule has 0 radical (unpaired) electrons. The second kappa shape index (κ2) is 9.03. The van der Waals surface area contributed by atoms with Gasteiger partial charge in [0.15, 0.2) is 5.96 Å². The Hall–Kier alpha value is -2.40. The topological polar surface area (TPSA) is 54.9 Å². The zero-order chi connectivity index (χ0) is 17.4. The van der Waals surface area contributed by atoms with Crippen molar-refractivity contribution in [3.8, 4) is 11.5 Å². The van der Waals surface area contributed by atoms with Crippen molar-refractivity contribution in [1.29, 1.82) is 0 Å². The summed E-state index contributed by atoms with van der Waals surface area (Å²) in [4.78, 5) is 4.22. The van der Waals surface area contributed by atoms with E-state index >= 15 is 0 Å². The summed E-state index contributed by atoms with van der Waals surface area (Å²) in [7, 11) is 5.00. The van der Waals surface area contributed by atoms with Crippen molar-refractivity contribution in [2.45, 2.75) is 13.1 Å². The van der Waals surface area contributed by atoms with E-state index in [2.05, 4.69) is 15.6 Å². The molecule has 128 valence electrons. The summed E-state index contributed by atoms with van der Waals surface area (Å²) in [5.74, 6) is 2.22. The van der Waals surface area contributed by atoms with Crippen LogP contribution in [0.2, 0.25) is 5.02 Å². The predicted molar refractivity (Wildman–Crippen MR) is 98.0 cm³/mol. The van der Waals surface area contributed by atoms with Crippen LogP contribution in [-0.4, -0.2) is 27.2 Å². The van der Waals surface area contributed by atoms with Gasteiger partial charge in [-0.3, -0.25) is 4.99 Å². The Kier molecular flexibility index (Phi) is 6.75. The zero-order valence-electron chi connectivity index (χ0n) is 14.1. The van der Waals surface area contributed by atoms with E-state index in [1.165, 1.54) is 0 Å². The van der Waals surface area contributed by atoms with E-state index in [4.69, 9.17) is 21.1 Å². The molecule has 0 saturated heterocycles. The largest absolute Gasteiger partial charge is 0.497 e. The summed E-state index contributed by atoms with van der Waals surface area (Å²) < 4.78 is 10.6. The lowest BCUT2D eigenvalue weighted by Gasteiger charge is -2.15. The Balaban J connectivity index is 1.95. The van der Waals surface area contributed by atoms with Gasteiger partial charge in [-0.2, -0.15) is 0 Å². The van der Waals surface area contributed by atoms with Crippen LogP contribution >= 0.6 is 11.6 Å². The van der Waals surface area contributed by atoms with Gasteiger partial charge in [-0.15, -0.1) is 0 Å². The highest BCUT2D eigenvalue weighted by molar-refractivity contribution is 6.31. The second-order valence-corrected chi connectivity index (χ2v) is 5.46. The molecular formula is C18H22ClN3O2. The van der Waals surface area contributed by atoms with Crippen LogP contribution in [0.5, 0.6) is 11.5 Å². The van der Waals surface area contributed by atoms with E-state index in [1.807, 2.05) is 42.5 Å². The van der Waals surface area contributed by atoms with Gasteiger partial charge in [-0.05, 0) is 23.8 Å². The molecule has 2 aromatic carbocycles. The molecule has 0 aromatic heterocycles. The minimum atomic E-state index is 0.579. The Morgan fingerprint density at radius 2 is 1.71 bits per heavy atom. The van der Waals surface area contributed by atoms with Crippen LogP contribution in [0.3, 0.4) is 0 Å². The van der Waals surface area contributed by atoms with Gasteiger partial charge in [0.25, 0.3) is 0 Å². The average molecular weight is 348 g/mol. The monoisotopic (exact) mass is 347 g/mol. The van der Waals surface area contributed by atoms with Gasteiger partial charge in [0.05, 0.1) is 14.2 Å². The summed E-state index contributed by atoms with van der Waals surface area (Å²) in [6, 6.07) is 13.4. The Bertz CT molecular complexity index is 704. The number of methoxy groups -OCH3 is 2. The Morgan fingerprint density at radius 3 is 2.33 bits per heavy atom. The minimum absolute atomic E-state index is 0.579. The van der Waals surface area contributed by atoms with Crippen LogP contribution in [0.1, 0.15) is 11.1 Å². The molecule has 5 nitrogen and oxygen atoms in total. The van der Waals surface area contributed by atoms with Crippen molar-refractivity contribution < 1.29 is 9.47 Å². The number of rotatable bonds is 6. The molecule has 2 N–H and O–H groups in total. The summed E-state index contributed by atoms with van der Waals surface area (Å²) >= 11 is 6.16. The first-order chi connectivity index (χ1) is 11.7. The molecule has 6 heteroatoms. The summed E-state index contributed by atoms with van der Waals surface area (Å²) in [5.41, 5.74) is 2.03. The number of guanidine groups is 1. The van der Waals surface area contributed by atoms with E-state index < -0.39 is 0 Å². The van der Waals surface area contributed by atoms with Gasteiger partial charge in [0.2, 0.25) is 0 Å². The van der Waals surface area contributed by atoms with Gasteiger partial charge in [0, 0.05) is 36.8 Å². The summed E-state index contributed by atoms with van der Waals surface area (Å²) in [6.07, 6.45) is 0. The number of nitrogens with zero attached hydrogens (tertiary/aromatic N) is 1. The molecule has 0 atom stereocenters. The highest BCUT2D eigenvalue weighted by atomic mass is 35.5. The molecule has 0 aliphatic rings. The van der Waals surface area contributed by atoms with Crippen LogP contribution in [0.15, 0.2) is 47.5 Å². The minimum Gasteiger partial charge on any atom is -0.497 e. The van der Waals surface area contributed by atoms with Crippen LogP contribution in [-0.2, 0) is 13.1 Å². The number of nitrogens with one attached hydrogen (secondary N) is 2. The normalized spacial score (nSPS) is 11.1. The van der Waals surface area contributed by atoms with Crippen molar-refractivity contribution in [3.63, 3.8) is 0 Å². The average Bonchev–Trinajstić information content (AvgIpc) is 2.63. The number of halogens is 1. The molecule has 24 heavy (non-hydrogen) atoms. The van der Waals surface area contributed by atoms with E-state index in [1.54, 1.807) is 21.3 Å². The number of ether oxygens (including phenoxy) is 2. The van der Waals surface area contributed by atoms with Crippen LogP contribution in [0.25, 0.3) is 0 Å². The fourth-order valence-corrected chi connectivity index (χ4v) is 2.42. The van der Waals surface area contributed by atoms with E-state index in [9.17, 15) is 0 Å². The fraction of sp³-hybridized carbons (Fsp3) is 0.278. The van der Waals surface area contributed by atoms with E-state index in [-0.39, 0.29) is 0 Å². The van der Waals surface area contributed by atoms with E-state index in [0.717, 1.165) is 27.6 Å². The maximum absolute atomic E-state index is 6.16. The third-order valence-electron chi connectivity index (χ3n) is 3.57. The van der Waals surface area contributed by atoms with Gasteiger partial charge >= 0.3 is 0 Å². The van der Waals surface area contributed by atoms with Gasteiger partial charge in [-0.25, -0.2) is 0 Å². The highest BCUT2D eigenvalue weighted by Crippen LogP contribution is 2.24. The third kappa shape index (κ3) is 4.80.